The van der Waals surface area contributed by atoms with Crippen LogP contribution in [0.5, 0.6) is 0 Å². The van der Waals surface area contributed by atoms with Crippen molar-refractivity contribution in [3.63, 3.8) is 0 Å². The van der Waals surface area contributed by atoms with Crippen molar-refractivity contribution < 1.29 is 4.74 Å². The highest BCUT2D eigenvalue weighted by atomic mass is 32.1. The van der Waals surface area contributed by atoms with E-state index in [2.05, 4.69) is 6.92 Å². The molecular weight excluding hydrogens is 180 g/mol. The average Bonchev–Trinajstić information content (AvgIpc) is 2.16. The molecule has 0 atom stereocenters. The Balaban J connectivity index is 2.95. The van der Waals surface area contributed by atoms with Gasteiger partial charge in [0.2, 0.25) is 0 Å². The molecule has 0 bridgehead atoms. The van der Waals surface area contributed by atoms with Gasteiger partial charge in [0.15, 0.2) is 5.05 Å². The standard InChI is InChI=1S/C11H22OS/c1-3-5-6-7-8-9-10-12-11(13)4-2/h3-10H2,1-2H3. The second-order valence-corrected chi connectivity index (χ2v) is 3.80. The van der Waals surface area contributed by atoms with Gasteiger partial charge in [-0.15, -0.1) is 0 Å². The lowest BCUT2D eigenvalue weighted by atomic mass is 10.1. The van der Waals surface area contributed by atoms with E-state index in [-0.39, 0.29) is 0 Å². The maximum Gasteiger partial charge on any atom is 0.159 e. The van der Waals surface area contributed by atoms with Gasteiger partial charge in [0.05, 0.1) is 6.61 Å². The molecule has 2 heteroatoms. The third-order valence-corrected chi connectivity index (χ3v) is 2.46. The zero-order valence-corrected chi connectivity index (χ0v) is 9.79. The quantitative estimate of drug-likeness (QED) is 0.433. The molecule has 0 aliphatic rings. The fraction of sp³-hybridized carbons (Fsp3) is 0.909. The average molecular weight is 202 g/mol. The van der Waals surface area contributed by atoms with Crippen molar-refractivity contribution in [2.75, 3.05) is 6.61 Å². The molecule has 0 spiro atoms. The highest BCUT2D eigenvalue weighted by Crippen LogP contribution is 2.05. The van der Waals surface area contributed by atoms with E-state index in [9.17, 15) is 0 Å². The molecule has 0 aliphatic heterocycles. The first-order valence-electron chi connectivity index (χ1n) is 5.46. The third kappa shape index (κ3) is 9.81. The lowest BCUT2D eigenvalue weighted by molar-refractivity contribution is 0.293. The molecule has 0 aromatic rings. The molecule has 0 saturated carbocycles. The second-order valence-electron chi connectivity index (χ2n) is 3.34. The van der Waals surface area contributed by atoms with Gasteiger partial charge in [-0.2, -0.15) is 0 Å². The normalized spacial score (nSPS) is 10.0. The van der Waals surface area contributed by atoms with Crippen molar-refractivity contribution in [1.82, 2.24) is 0 Å². The van der Waals surface area contributed by atoms with Gasteiger partial charge in [-0.25, -0.2) is 0 Å². The molecule has 13 heavy (non-hydrogen) atoms. The number of unbranched alkanes of at least 4 members (excludes halogenated alkanes) is 5. The predicted octanol–water partition coefficient (Wildman–Crippen LogP) is 4.10. The number of hydrogen-bond acceptors (Lipinski definition) is 2. The Kier molecular flexibility index (Phi) is 9.89. The van der Waals surface area contributed by atoms with Crippen LogP contribution in [0.15, 0.2) is 0 Å². The minimum absolute atomic E-state index is 0.758. The predicted molar refractivity (Wildman–Crippen MR) is 62.2 cm³/mol. The largest absolute Gasteiger partial charge is 0.487 e. The van der Waals surface area contributed by atoms with Gasteiger partial charge in [-0.05, 0) is 18.6 Å². The Morgan fingerprint density at radius 1 is 1.00 bits per heavy atom. The smallest absolute Gasteiger partial charge is 0.159 e. The first-order chi connectivity index (χ1) is 6.31. The summed E-state index contributed by atoms with van der Waals surface area (Å²) in [7, 11) is 0. The molecule has 0 N–H and O–H groups in total. The Bertz CT molecular complexity index is 123. The summed E-state index contributed by atoms with van der Waals surface area (Å²) in [6.45, 7) is 5.09. The van der Waals surface area contributed by atoms with Crippen LogP contribution >= 0.6 is 12.2 Å². The number of thiocarbonyl (C=S) groups is 1. The van der Waals surface area contributed by atoms with E-state index in [0.29, 0.717) is 0 Å². The second kappa shape index (κ2) is 9.97. The summed E-state index contributed by atoms with van der Waals surface area (Å²) in [5, 5.41) is 0.758. The molecule has 0 radical (unpaired) electrons. The lowest BCUT2D eigenvalue weighted by Crippen LogP contribution is -2.01. The number of ether oxygens (including phenoxy) is 1. The highest BCUT2D eigenvalue weighted by molar-refractivity contribution is 7.80. The van der Waals surface area contributed by atoms with E-state index in [0.717, 1.165) is 24.5 Å². The van der Waals surface area contributed by atoms with Crippen LogP contribution in [0.4, 0.5) is 0 Å². The molecule has 0 saturated heterocycles. The summed E-state index contributed by atoms with van der Waals surface area (Å²) >= 11 is 4.95. The molecule has 0 fully saturated rings. The zero-order chi connectivity index (χ0) is 9.94. The molecule has 1 nitrogen and oxygen atoms in total. The van der Waals surface area contributed by atoms with E-state index in [1.54, 1.807) is 0 Å². The summed E-state index contributed by atoms with van der Waals surface area (Å²) in [5.74, 6) is 0. The van der Waals surface area contributed by atoms with Crippen molar-refractivity contribution in [2.24, 2.45) is 0 Å². The molecule has 0 aromatic carbocycles. The zero-order valence-electron chi connectivity index (χ0n) is 8.97. The first kappa shape index (κ1) is 12.9. The van der Waals surface area contributed by atoms with E-state index in [1.807, 2.05) is 6.92 Å². The Morgan fingerprint density at radius 2 is 1.62 bits per heavy atom. The van der Waals surface area contributed by atoms with Crippen molar-refractivity contribution in [2.45, 2.75) is 58.8 Å². The fourth-order valence-electron chi connectivity index (χ4n) is 1.17. The van der Waals surface area contributed by atoms with Crippen LogP contribution in [-0.4, -0.2) is 11.7 Å². The van der Waals surface area contributed by atoms with Crippen molar-refractivity contribution in [3.05, 3.63) is 0 Å². The lowest BCUT2D eigenvalue weighted by Gasteiger charge is -2.04. The van der Waals surface area contributed by atoms with Crippen LogP contribution < -0.4 is 0 Å². The highest BCUT2D eigenvalue weighted by Gasteiger charge is 1.93. The van der Waals surface area contributed by atoms with E-state index in [4.69, 9.17) is 17.0 Å². The molecule has 0 amide bonds. The summed E-state index contributed by atoms with van der Waals surface area (Å²) in [5.41, 5.74) is 0. The van der Waals surface area contributed by atoms with Gasteiger partial charge >= 0.3 is 0 Å². The SMILES string of the molecule is CCCCCCCCOC(=S)CC. The maximum atomic E-state index is 5.33. The number of rotatable bonds is 8. The van der Waals surface area contributed by atoms with Crippen molar-refractivity contribution in [1.29, 1.82) is 0 Å². The Hall–Kier alpha value is -0.110. The summed E-state index contributed by atoms with van der Waals surface area (Å²) < 4.78 is 5.33. The van der Waals surface area contributed by atoms with Gasteiger partial charge in [-0.3, -0.25) is 0 Å². The van der Waals surface area contributed by atoms with Crippen LogP contribution in [-0.2, 0) is 4.74 Å². The summed E-state index contributed by atoms with van der Waals surface area (Å²) in [6.07, 6.45) is 8.71. The topological polar surface area (TPSA) is 9.23 Å². The first-order valence-corrected chi connectivity index (χ1v) is 5.87. The Morgan fingerprint density at radius 3 is 2.23 bits per heavy atom. The van der Waals surface area contributed by atoms with Crippen LogP contribution in [0.3, 0.4) is 0 Å². The molecule has 0 heterocycles. The van der Waals surface area contributed by atoms with E-state index in [1.165, 1.54) is 32.1 Å². The third-order valence-electron chi connectivity index (χ3n) is 2.05. The summed E-state index contributed by atoms with van der Waals surface area (Å²) in [6, 6.07) is 0. The van der Waals surface area contributed by atoms with Crippen LogP contribution in [0, 0.1) is 0 Å². The molecule has 78 valence electrons. The van der Waals surface area contributed by atoms with Gasteiger partial charge in [0.25, 0.3) is 0 Å². The molecule has 0 rings (SSSR count). The van der Waals surface area contributed by atoms with Gasteiger partial charge in [0, 0.05) is 6.42 Å². The van der Waals surface area contributed by atoms with Gasteiger partial charge in [0.1, 0.15) is 0 Å². The van der Waals surface area contributed by atoms with E-state index < -0.39 is 0 Å². The van der Waals surface area contributed by atoms with Gasteiger partial charge in [-0.1, -0.05) is 46.0 Å². The Labute approximate surface area is 87.9 Å². The van der Waals surface area contributed by atoms with Crippen molar-refractivity contribution in [3.8, 4) is 0 Å². The molecule has 0 aromatic heterocycles. The molecular formula is C11H22OS. The minimum atomic E-state index is 0.758. The summed E-state index contributed by atoms with van der Waals surface area (Å²) in [4.78, 5) is 0. The van der Waals surface area contributed by atoms with Crippen LogP contribution in [0.2, 0.25) is 0 Å². The van der Waals surface area contributed by atoms with Crippen LogP contribution in [0.25, 0.3) is 0 Å². The molecule has 0 aliphatic carbocycles. The fourth-order valence-corrected chi connectivity index (χ4v) is 1.25. The maximum absolute atomic E-state index is 5.33. The number of hydrogen-bond donors (Lipinski definition) is 0. The molecule has 0 unspecified atom stereocenters. The minimum Gasteiger partial charge on any atom is -0.487 e. The van der Waals surface area contributed by atoms with Crippen LogP contribution in [0.1, 0.15) is 58.8 Å². The van der Waals surface area contributed by atoms with Gasteiger partial charge < -0.3 is 4.74 Å². The monoisotopic (exact) mass is 202 g/mol. The van der Waals surface area contributed by atoms with E-state index >= 15 is 0 Å². The van der Waals surface area contributed by atoms with Crippen molar-refractivity contribution >= 4 is 17.3 Å².